The van der Waals surface area contributed by atoms with Gasteiger partial charge in [-0.05, 0) is 42.0 Å². The fourth-order valence-electron chi connectivity index (χ4n) is 3.22. The van der Waals surface area contributed by atoms with Crippen LogP contribution in [0.5, 0.6) is 0 Å². The minimum Gasteiger partial charge on any atom is -0.422 e. The predicted molar refractivity (Wildman–Crippen MR) is 126 cm³/mol. The van der Waals surface area contributed by atoms with Crippen LogP contribution in [0.2, 0.25) is 10.0 Å². The maximum Gasteiger partial charge on any atom is 0.344 e. The van der Waals surface area contributed by atoms with Crippen LogP contribution in [0.15, 0.2) is 75.9 Å². The number of anilines is 1. The van der Waals surface area contributed by atoms with E-state index in [-0.39, 0.29) is 5.91 Å². The molecule has 3 aromatic carbocycles. The van der Waals surface area contributed by atoms with Crippen LogP contribution in [0.4, 0.5) is 5.13 Å². The summed E-state index contributed by atoms with van der Waals surface area (Å²) < 4.78 is 6.21. The molecule has 0 aliphatic carbocycles. The Balaban J connectivity index is 1.41. The number of amides is 1. The van der Waals surface area contributed by atoms with Gasteiger partial charge in [-0.2, -0.15) is 0 Å². The summed E-state index contributed by atoms with van der Waals surface area (Å²) in [4.78, 5) is 29.4. The van der Waals surface area contributed by atoms with Gasteiger partial charge in [0.1, 0.15) is 11.1 Å². The van der Waals surface area contributed by atoms with E-state index in [1.54, 1.807) is 48.5 Å². The molecule has 2 aromatic heterocycles. The smallest absolute Gasteiger partial charge is 0.344 e. The summed E-state index contributed by atoms with van der Waals surface area (Å²) in [6.45, 7) is 0. The molecule has 31 heavy (non-hydrogen) atoms. The SMILES string of the molecule is O=C(Nc1nc2c(Cl)c(Cl)ccc2s1)c1ccc(-c2cc3ccccc3oc2=O)cc1. The largest absolute Gasteiger partial charge is 0.422 e. The van der Waals surface area contributed by atoms with Crippen molar-refractivity contribution in [2.75, 3.05) is 5.32 Å². The fraction of sp³-hybridized carbons (Fsp3) is 0. The molecule has 0 saturated heterocycles. The predicted octanol–water partition coefficient (Wildman–Crippen LogP) is 6.63. The summed E-state index contributed by atoms with van der Waals surface area (Å²) in [5.41, 5.74) is 2.18. The van der Waals surface area contributed by atoms with Gasteiger partial charge in [0.05, 0.1) is 20.3 Å². The van der Waals surface area contributed by atoms with Crippen LogP contribution in [0.1, 0.15) is 10.4 Å². The summed E-state index contributed by atoms with van der Waals surface area (Å²) in [5.74, 6) is -0.321. The zero-order valence-corrected chi connectivity index (χ0v) is 18.0. The van der Waals surface area contributed by atoms with E-state index in [1.165, 1.54) is 11.3 Å². The summed E-state index contributed by atoms with van der Waals surface area (Å²) >= 11 is 13.5. The first-order valence-electron chi connectivity index (χ1n) is 9.19. The Morgan fingerprint density at radius 3 is 2.58 bits per heavy atom. The van der Waals surface area contributed by atoms with Crippen molar-refractivity contribution in [3.63, 3.8) is 0 Å². The molecule has 0 aliphatic rings. The third-order valence-electron chi connectivity index (χ3n) is 4.77. The minimum atomic E-state index is -0.430. The average molecular weight is 467 g/mol. The van der Waals surface area contributed by atoms with Crippen LogP contribution >= 0.6 is 34.5 Å². The second kappa shape index (κ2) is 7.81. The van der Waals surface area contributed by atoms with E-state index in [9.17, 15) is 9.59 Å². The number of nitrogens with one attached hydrogen (secondary N) is 1. The molecule has 1 N–H and O–H groups in total. The van der Waals surface area contributed by atoms with Crippen LogP contribution in [-0.2, 0) is 0 Å². The van der Waals surface area contributed by atoms with E-state index in [1.807, 2.05) is 18.2 Å². The molecule has 0 unspecified atom stereocenters. The quantitative estimate of drug-likeness (QED) is 0.303. The number of hydrogen-bond donors (Lipinski definition) is 1. The highest BCUT2D eigenvalue weighted by Gasteiger charge is 2.14. The number of para-hydroxylation sites is 1. The van der Waals surface area contributed by atoms with Gasteiger partial charge < -0.3 is 4.42 Å². The van der Waals surface area contributed by atoms with E-state index in [2.05, 4.69) is 10.3 Å². The molecule has 8 heteroatoms. The molecule has 0 atom stereocenters. The molecule has 0 radical (unpaired) electrons. The molecule has 0 fully saturated rings. The number of carbonyl (C=O) groups excluding carboxylic acids is 1. The number of halogens is 2. The second-order valence-electron chi connectivity index (χ2n) is 6.74. The molecule has 0 saturated carbocycles. The van der Waals surface area contributed by atoms with E-state index in [4.69, 9.17) is 27.6 Å². The number of carbonyl (C=O) groups is 1. The summed E-state index contributed by atoms with van der Waals surface area (Å²) in [7, 11) is 0. The lowest BCUT2D eigenvalue weighted by molar-refractivity contribution is 0.102. The minimum absolute atomic E-state index is 0.321. The maximum absolute atomic E-state index is 12.6. The van der Waals surface area contributed by atoms with Gasteiger partial charge in [0.25, 0.3) is 5.91 Å². The van der Waals surface area contributed by atoms with E-state index < -0.39 is 5.63 Å². The number of aromatic nitrogens is 1. The van der Waals surface area contributed by atoms with Crippen molar-refractivity contribution in [2.45, 2.75) is 0 Å². The third-order valence-corrected chi connectivity index (χ3v) is 6.50. The topological polar surface area (TPSA) is 72.2 Å². The molecule has 5 rings (SSSR count). The first-order valence-corrected chi connectivity index (χ1v) is 10.8. The molecular formula is C23H12Cl2N2O3S. The number of benzene rings is 3. The second-order valence-corrected chi connectivity index (χ2v) is 8.56. The van der Waals surface area contributed by atoms with Crippen LogP contribution in [0.3, 0.4) is 0 Å². The molecular weight excluding hydrogens is 455 g/mol. The van der Waals surface area contributed by atoms with Gasteiger partial charge in [0, 0.05) is 10.9 Å². The lowest BCUT2D eigenvalue weighted by Gasteiger charge is -2.05. The van der Waals surface area contributed by atoms with Gasteiger partial charge in [-0.1, -0.05) is 64.9 Å². The molecule has 5 aromatic rings. The molecule has 1 amide bonds. The Hall–Kier alpha value is -3.19. The number of nitrogens with zero attached hydrogens (tertiary/aromatic N) is 1. The molecule has 0 bridgehead atoms. The van der Waals surface area contributed by atoms with E-state index in [0.29, 0.717) is 43.0 Å². The molecule has 152 valence electrons. The standard InChI is InChI=1S/C23H12Cl2N2O3S/c24-16-9-10-18-20(19(16)25)26-23(31-18)27-21(28)13-7-5-12(6-8-13)15-11-14-3-1-2-4-17(14)30-22(15)29/h1-11H,(H,26,27,28). The highest BCUT2D eigenvalue weighted by atomic mass is 35.5. The first kappa shape index (κ1) is 19.8. The number of thiazole rings is 1. The third kappa shape index (κ3) is 3.70. The lowest BCUT2D eigenvalue weighted by atomic mass is 10.0. The molecule has 5 nitrogen and oxygen atoms in total. The van der Waals surface area contributed by atoms with Crippen molar-refractivity contribution in [3.05, 3.63) is 92.8 Å². The Kier molecular flexibility index (Phi) is 4.98. The van der Waals surface area contributed by atoms with Crippen LogP contribution < -0.4 is 10.9 Å². The monoisotopic (exact) mass is 466 g/mol. The normalized spacial score (nSPS) is 11.2. The Bertz CT molecular complexity index is 1520. The average Bonchev–Trinajstić information content (AvgIpc) is 3.19. The number of hydrogen-bond acceptors (Lipinski definition) is 5. The lowest BCUT2D eigenvalue weighted by Crippen LogP contribution is -2.11. The fourth-order valence-corrected chi connectivity index (χ4v) is 4.51. The number of fused-ring (bicyclic) bond motifs is 2. The highest BCUT2D eigenvalue weighted by molar-refractivity contribution is 7.22. The van der Waals surface area contributed by atoms with Crippen LogP contribution in [0.25, 0.3) is 32.3 Å². The van der Waals surface area contributed by atoms with E-state index >= 15 is 0 Å². The van der Waals surface area contributed by atoms with Crippen molar-refractivity contribution in [1.29, 1.82) is 0 Å². The zero-order valence-electron chi connectivity index (χ0n) is 15.7. The van der Waals surface area contributed by atoms with Crippen molar-refractivity contribution in [1.82, 2.24) is 4.98 Å². The summed E-state index contributed by atoms with van der Waals surface area (Å²) in [6.07, 6.45) is 0. The van der Waals surface area contributed by atoms with Gasteiger partial charge >= 0.3 is 5.63 Å². The van der Waals surface area contributed by atoms with Crippen molar-refractivity contribution in [2.24, 2.45) is 0 Å². The van der Waals surface area contributed by atoms with Crippen molar-refractivity contribution >= 4 is 66.8 Å². The summed E-state index contributed by atoms with van der Waals surface area (Å²) in [5, 5.41) is 4.79. The van der Waals surface area contributed by atoms with Crippen molar-refractivity contribution in [3.8, 4) is 11.1 Å². The highest BCUT2D eigenvalue weighted by Crippen LogP contribution is 2.35. The molecule has 0 aliphatic heterocycles. The van der Waals surface area contributed by atoms with Gasteiger partial charge in [-0.15, -0.1) is 0 Å². The first-order chi connectivity index (χ1) is 15.0. The Morgan fingerprint density at radius 2 is 1.77 bits per heavy atom. The zero-order chi connectivity index (χ0) is 21.5. The van der Waals surface area contributed by atoms with Gasteiger partial charge in [-0.3, -0.25) is 10.1 Å². The van der Waals surface area contributed by atoms with Gasteiger partial charge in [0.2, 0.25) is 0 Å². The van der Waals surface area contributed by atoms with Crippen LogP contribution in [-0.4, -0.2) is 10.9 Å². The molecule has 0 spiro atoms. The summed E-state index contributed by atoms with van der Waals surface area (Å²) in [6, 6.07) is 19.3. The van der Waals surface area contributed by atoms with Gasteiger partial charge in [0.15, 0.2) is 5.13 Å². The maximum atomic E-state index is 12.6. The number of rotatable bonds is 3. The Labute approximate surface area is 189 Å². The molecule has 2 heterocycles. The van der Waals surface area contributed by atoms with Crippen molar-refractivity contribution < 1.29 is 9.21 Å². The van der Waals surface area contributed by atoms with Gasteiger partial charge in [-0.25, -0.2) is 9.78 Å². The Morgan fingerprint density at radius 1 is 1.00 bits per heavy atom. The van der Waals surface area contributed by atoms with Crippen LogP contribution in [0, 0.1) is 0 Å². The van der Waals surface area contributed by atoms with E-state index in [0.717, 1.165) is 10.1 Å².